The summed E-state index contributed by atoms with van der Waals surface area (Å²) in [6, 6.07) is -1.44. The first-order valence-electron chi connectivity index (χ1n) is 13.9. The Hall–Kier alpha value is -3.61. The van der Waals surface area contributed by atoms with Crippen LogP contribution in [0.1, 0.15) is 63.0 Å². The van der Waals surface area contributed by atoms with Crippen LogP contribution < -0.4 is 10.2 Å². The van der Waals surface area contributed by atoms with Crippen LogP contribution in [0.4, 0.5) is 38.3 Å². The van der Waals surface area contributed by atoms with E-state index in [1.54, 1.807) is 0 Å². The van der Waals surface area contributed by atoms with Gasteiger partial charge in [-0.1, -0.05) is 25.8 Å². The summed E-state index contributed by atoms with van der Waals surface area (Å²) in [5, 5.41) is 12.4. The molecule has 7 nitrogen and oxygen atoms in total. The number of carbonyl (C=O) groups excluding carboxylic acids is 2. The van der Waals surface area contributed by atoms with Crippen LogP contribution in [-0.4, -0.2) is 46.2 Å². The molecule has 5 rings (SSSR count). The van der Waals surface area contributed by atoms with Crippen molar-refractivity contribution in [1.29, 1.82) is 5.26 Å². The SMILES string of the molecule is N#CN1CCC2(CCC2)[C@@H]1C(=O)N(c1ccc(S(F)(F)(F)(F)F)cc1)C(C(=O)NC1CCC(F)(F)CC1)c1cncc(F)c1. The topological polar surface area (TPSA) is 89.3 Å². The molecule has 3 aliphatic rings. The summed E-state index contributed by atoms with van der Waals surface area (Å²) in [7, 11) is -10.1. The van der Waals surface area contributed by atoms with Crippen LogP contribution in [0, 0.1) is 22.7 Å². The van der Waals surface area contributed by atoms with Crippen LogP contribution in [0.25, 0.3) is 0 Å². The minimum absolute atomic E-state index is 0.0923. The van der Waals surface area contributed by atoms with Gasteiger partial charge in [0.05, 0.1) is 6.20 Å². The van der Waals surface area contributed by atoms with Crippen molar-refractivity contribution in [3.05, 3.63) is 54.1 Å². The quantitative estimate of drug-likeness (QED) is 0.250. The molecule has 2 aromatic rings. The van der Waals surface area contributed by atoms with E-state index in [-0.39, 0.29) is 37.1 Å². The lowest BCUT2D eigenvalue weighted by atomic mass is 9.63. The standard InChI is InChI=1S/C28H29F8N5O2S/c29-19-14-18(15-38-16-19)23(25(42)39-20-6-10-28(30,31)11-7-20)41(21-2-4-22(5-3-21)44(32,33,34,35)36)26(43)24-27(8-1-9-27)12-13-40(24)17-37/h2-5,14-16,20,23-24H,1,6-13H2,(H,39,42)/t23?,24-/m0/s1. The summed E-state index contributed by atoms with van der Waals surface area (Å²) in [5.74, 6) is -5.71. The van der Waals surface area contributed by atoms with E-state index in [4.69, 9.17) is 0 Å². The van der Waals surface area contributed by atoms with E-state index in [1.165, 1.54) is 4.90 Å². The molecule has 2 amide bonds. The van der Waals surface area contributed by atoms with Crippen molar-refractivity contribution in [2.24, 2.45) is 5.41 Å². The van der Waals surface area contributed by atoms with Crippen molar-refractivity contribution in [3.8, 4) is 6.19 Å². The van der Waals surface area contributed by atoms with Crippen molar-refractivity contribution < 1.29 is 42.2 Å². The highest BCUT2D eigenvalue weighted by atomic mass is 32.5. The molecule has 2 heterocycles. The van der Waals surface area contributed by atoms with Gasteiger partial charge in [-0.25, -0.2) is 13.2 Å². The molecule has 44 heavy (non-hydrogen) atoms. The molecule has 1 aromatic heterocycles. The molecule has 0 bridgehead atoms. The number of amides is 2. The molecule has 2 aliphatic carbocycles. The van der Waals surface area contributed by atoms with E-state index in [0.29, 0.717) is 31.4 Å². The number of alkyl halides is 2. The molecule has 1 N–H and O–H groups in total. The highest BCUT2D eigenvalue weighted by molar-refractivity contribution is 8.45. The Balaban J connectivity index is 1.62. The van der Waals surface area contributed by atoms with Crippen LogP contribution >= 0.6 is 10.2 Å². The first-order chi connectivity index (χ1) is 20.3. The summed E-state index contributed by atoms with van der Waals surface area (Å²) in [6.45, 7) is 0.193. The Morgan fingerprint density at radius 3 is 2.18 bits per heavy atom. The Morgan fingerprint density at radius 1 is 1.02 bits per heavy atom. The minimum Gasteiger partial charge on any atom is -0.351 e. The van der Waals surface area contributed by atoms with Crippen LogP contribution in [-0.2, 0) is 9.59 Å². The number of anilines is 1. The van der Waals surface area contributed by atoms with Crippen LogP contribution in [0.3, 0.4) is 0 Å². The van der Waals surface area contributed by atoms with Gasteiger partial charge in [0.25, 0.3) is 5.91 Å². The number of nitrogens with one attached hydrogen (secondary N) is 1. The van der Waals surface area contributed by atoms with Crippen LogP contribution in [0.5, 0.6) is 0 Å². The zero-order valence-electron chi connectivity index (χ0n) is 23.2. The fourth-order valence-corrected chi connectivity index (χ4v) is 7.11. The molecule has 2 atom stereocenters. The number of carbonyl (C=O) groups is 2. The van der Waals surface area contributed by atoms with E-state index >= 15 is 0 Å². The number of pyridine rings is 1. The fourth-order valence-electron chi connectivity index (χ4n) is 6.46. The van der Waals surface area contributed by atoms with Crippen LogP contribution in [0.15, 0.2) is 47.6 Å². The molecule has 16 heteroatoms. The smallest absolute Gasteiger partial charge is 0.310 e. The summed E-state index contributed by atoms with van der Waals surface area (Å²) in [6.07, 6.45) is 4.83. The molecule has 1 aliphatic heterocycles. The third kappa shape index (κ3) is 6.29. The third-order valence-electron chi connectivity index (χ3n) is 8.86. The first-order valence-corrected chi connectivity index (χ1v) is 15.9. The average molecular weight is 652 g/mol. The summed E-state index contributed by atoms with van der Waals surface area (Å²) < 4.78 is 110. The number of nitrogens with zero attached hydrogens (tertiary/aromatic N) is 4. The van der Waals surface area contributed by atoms with Gasteiger partial charge in [0.15, 0.2) is 6.19 Å². The highest BCUT2D eigenvalue weighted by Crippen LogP contribution is 3.02. The van der Waals surface area contributed by atoms with Gasteiger partial charge in [-0.2, -0.15) is 5.26 Å². The normalized spacial score (nSPS) is 23.5. The second kappa shape index (κ2) is 10.2. The van der Waals surface area contributed by atoms with E-state index in [9.17, 15) is 47.5 Å². The van der Waals surface area contributed by atoms with Crippen molar-refractivity contribution in [1.82, 2.24) is 15.2 Å². The van der Waals surface area contributed by atoms with Gasteiger partial charge in [-0.3, -0.25) is 24.4 Å². The zero-order valence-corrected chi connectivity index (χ0v) is 24.0. The second-order valence-electron chi connectivity index (χ2n) is 11.8. The Kier molecular flexibility index (Phi) is 7.38. The second-order valence-corrected chi connectivity index (χ2v) is 14.2. The molecule has 0 radical (unpaired) electrons. The number of nitriles is 1. The van der Waals surface area contributed by atoms with Crippen LogP contribution in [0.2, 0.25) is 0 Å². The van der Waals surface area contributed by atoms with Gasteiger partial charge in [-0.15, -0.1) is 0 Å². The molecule has 1 saturated heterocycles. The molecule has 2 saturated carbocycles. The summed E-state index contributed by atoms with van der Waals surface area (Å²) in [5.41, 5.74) is -1.29. The van der Waals surface area contributed by atoms with E-state index < -0.39 is 80.7 Å². The Bertz CT molecular complexity index is 1490. The maximum Gasteiger partial charge on any atom is 0.310 e. The number of hydrogen-bond acceptors (Lipinski definition) is 5. The van der Waals surface area contributed by atoms with Crippen molar-refractivity contribution >= 4 is 27.7 Å². The minimum atomic E-state index is -10.1. The molecular weight excluding hydrogens is 622 g/mol. The Morgan fingerprint density at radius 2 is 1.66 bits per heavy atom. The average Bonchev–Trinajstić information content (AvgIpc) is 3.32. The molecular formula is C28H29F8N5O2S. The lowest BCUT2D eigenvalue weighted by molar-refractivity contribution is -0.131. The number of likely N-dealkylation sites (tertiary alicyclic amines) is 1. The molecule has 240 valence electrons. The summed E-state index contributed by atoms with van der Waals surface area (Å²) >= 11 is 0. The summed E-state index contributed by atoms with van der Waals surface area (Å²) in [4.78, 5) is 31.9. The van der Waals surface area contributed by atoms with E-state index in [0.717, 1.165) is 29.8 Å². The number of rotatable bonds is 7. The molecule has 1 unspecified atom stereocenters. The predicted molar refractivity (Wildman–Crippen MR) is 145 cm³/mol. The van der Waals surface area contributed by atoms with Gasteiger partial charge in [-0.05, 0) is 62.4 Å². The third-order valence-corrected chi connectivity index (χ3v) is 10.0. The molecule has 1 spiro atoms. The van der Waals surface area contributed by atoms with Gasteiger partial charge >= 0.3 is 10.2 Å². The highest BCUT2D eigenvalue weighted by Gasteiger charge is 2.65. The number of benzene rings is 1. The van der Waals surface area contributed by atoms with Gasteiger partial charge in [0, 0.05) is 48.3 Å². The lowest BCUT2D eigenvalue weighted by Crippen LogP contribution is -2.56. The van der Waals surface area contributed by atoms with Gasteiger partial charge in [0.1, 0.15) is 22.8 Å². The van der Waals surface area contributed by atoms with Crippen molar-refractivity contribution in [2.75, 3.05) is 11.4 Å². The fraction of sp³-hybridized carbons (Fsp3) is 0.500. The largest absolute Gasteiger partial charge is 0.351 e. The lowest BCUT2D eigenvalue weighted by Gasteiger charge is -2.45. The first kappa shape index (κ1) is 31.8. The number of hydrogen-bond donors (Lipinski definition) is 1. The van der Waals surface area contributed by atoms with Crippen molar-refractivity contribution in [2.45, 2.75) is 80.3 Å². The number of halogens is 8. The predicted octanol–water partition coefficient (Wildman–Crippen LogP) is 7.37. The van der Waals surface area contributed by atoms with E-state index in [1.807, 2.05) is 6.19 Å². The Labute approximate surface area is 247 Å². The molecule has 1 aromatic carbocycles. The van der Waals surface area contributed by atoms with Gasteiger partial charge < -0.3 is 5.32 Å². The number of aromatic nitrogens is 1. The zero-order chi connectivity index (χ0) is 32.2. The maximum absolute atomic E-state index is 14.5. The van der Waals surface area contributed by atoms with E-state index in [2.05, 4.69) is 10.3 Å². The molecule has 3 fully saturated rings. The monoisotopic (exact) mass is 651 g/mol. The van der Waals surface area contributed by atoms with Crippen molar-refractivity contribution in [3.63, 3.8) is 0 Å². The van der Waals surface area contributed by atoms with Gasteiger partial charge in [0.2, 0.25) is 11.8 Å². The maximum atomic E-state index is 14.5.